The quantitative estimate of drug-likeness (QED) is 0.487. The molecule has 0 radical (unpaired) electrons. The molecular weight excluding hydrogens is 451 g/mol. The third kappa shape index (κ3) is 4.91. The molecule has 10 heteroatoms. The van der Waals surface area contributed by atoms with Gasteiger partial charge in [0.1, 0.15) is 0 Å². The number of halogens is 2. The molecular formula is C20H14Cl2N2O5S. The first-order chi connectivity index (χ1) is 14.2. The molecule has 3 rings (SSSR count). The molecule has 0 unspecified atom stereocenters. The van der Waals surface area contributed by atoms with Crippen molar-refractivity contribution in [1.82, 2.24) is 0 Å². The van der Waals surface area contributed by atoms with Crippen molar-refractivity contribution in [3.63, 3.8) is 0 Å². The smallest absolute Gasteiger partial charge is 0.337 e. The van der Waals surface area contributed by atoms with Crippen molar-refractivity contribution in [2.45, 2.75) is 4.90 Å². The summed E-state index contributed by atoms with van der Waals surface area (Å²) in [4.78, 5) is 23.7. The van der Waals surface area contributed by atoms with Crippen LogP contribution < -0.4 is 10.0 Å². The molecule has 1 amide bonds. The summed E-state index contributed by atoms with van der Waals surface area (Å²) in [6, 6.07) is 15.5. The van der Waals surface area contributed by atoms with E-state index in [0.717, 1.165) is 0 Å². The summed E-state index contributed by atoms with van der Waals surface area (Å²) in [6.45, 7) is 0. The summed E-state index contributed by atoms with van der Waals surface area (Å²) in [5.74, 6) is -1.86. The lowest BCUT2D eigenvalue weighted by atomic mass is 10.1. The second kappa shape index (κ2) is 8.74. The minimum atomic E-state index is -4.05. The first-order valence-corrected chi connectivity index (χ1v) is 10.6. The van der Waals surface area contributed by atoms with Gasteiger partial charge in [-0.2, -0.15) is 0 Å². The second-order valence-electron chi connectivity index (χ2n) is 6.06. The largest absolute Gasteiger partial charge is 0.478 e. The van der Waals surface area contributed by atoms with Gasteiger partial charge in [-0.25, -0.2) is 13.2 Å². The van der Waals surface area contributed by atoms with Crippen LogP contribution in [-0.2, 0) is 10.0 Å². The number of carbonyl (C=O) groups excluding carboxylic acids is 1. The van der Waals surface area contributed by atoms with Crippen molar-refractivity contribution in [3.05, 3.63) is 87.9 Å². The lowest BCUT2D eigenvalue weighted by molar-refractivity contribution is 0.0698. The van der Waals surface area contributed by atoms with Crippen molar-refractivity contribution in [2.24, 2.45) is 0 Å². The number of anilines is 2. The number of para-hydroxylation sites is 1. The van der Waals surface area contributed by atoms with Gasteiger partial charge < -0.3 is 10.4 Å². The van der Waals surface area contributed by atoms with Gasteiger partial charge in [0.25, 0.3) is 15.9 Å². The number of nitrogens with one attached hydrogen (secondary N) is 2. The van der Waals surface area contributed by atoms with Crippen molar-refractivity contribution in [2.75, 3.05) is 10.0 Å². The Bertz CT molecular complexity index is 1250. The second-order valence-corrected chi connectivity index (χ2v) is 8.59. The topological polar surface area (TPSA) is 113 Å². The molecule has 0 saturated heterocycles. The molecule has 0 spiro atoms. The van der Waals surface area contributed by atoms with E-state index in [1.807, 2.05) is 0 Å². The van der Waals surface area contributed by atoms with Crippen molar-refractivity contribution >= 4 is 56.5 Å². The number of rotatable bonds is 6. The van der Waals surface area contributed by atoms with E-state index >= 15 is 0 Å². The van der Waals surface area contributed by atoms with Gasteiger partial charge in [0.2, 0.25) is 0 Å². The Hall–Kier alpha value is -3.07. The van der Waals surface area contributed by atoms with E-state index in [1.54, 1.807) is 6.07 Å². The minimum Gasteiger partial charge on any atom is -0.478 e. The zero-order valence-corrected chi connectivity index (χ0v) is 17.4. The highest BCUT2D eigenvalue weighted by molar-refractivity contribution is 7.92. The van der Waals surface area contributed by atoms with Gasteiger partial charge in [-0.05, 0) is 48.5 Å². The SMILES string of the molecule is O=C(Nc1ccccc1C(=O)O)c1cccc(S(=O)(=O)Nc2ccc(Cl)cc2Cl)c1. The van der Waals surface area contributed by atoms with Crippen LogP contribution in [0.4, 0.5) is 11.4 Å². The standard InChI is InChI=1S/C20H14Cl2N2O5S/c21-13-8-9-18(16(22)11-13)24-30(28,29)14-5-3-4-12(10-14)19(25)23-17-7-2-1-6-15(17)20(26)27/h1-11,24H,(H,23,25)(H,26,27). The normalized spacial score (nSPS) is 11.0. The van der Waals surface area contributed by atoms with E-state index in [9.17, 15) is 23.1 Å². The molecule has 0 aliphatic heterocycles. The molecule has 7 nitrogen and oxygen atoms in total. The third-order valence-electron chi connectivity index (χ3n) is 3.99. The highest BCUT2D eigenvalue weighted by Crippen LogP contribution is 2.28. The van der Waals surface area contributed by atoms with Crippen LogP contribution in [0.5, 0.6) is 0 Å². The van der Waals surface area contributed by atoms with Crippen LogP contribution in [0.25, 0.3) is 0 Å². The number of carboxylic acid groups (broad SMARTS) is 1. The van der Waals surface area contributed by atoms with Gasteiger partial charge in [0.05, 0.1) is 26.9 Å². The predicted molar refractivity (Wildman–Crippen MR) is 115 cm³/mol. The van der Waals surface area contributed by atoms with Crippen LogP contribution in [0.2, 0.25) is 10.0 Å². The maximum Gasteiger partial charge on any atom is 0.337 e. The number of aromatic carboxylic acids is 1. The van der Waals surface area contributed by atoms with E-state index < -0.39 is 21.9 Å². The lowest BCUT2D eigenvalue weighted by Crippen LogP contribution is -2.17. The van der Waals surface area contributed by atoms with Crippen molar-refractivity contribution in [3.8, 4) is 0 Å². The lowest BCUT2D eigenvalue weighted by Gasteiger charge is -2.12. The minimum absolute atomic E-state index is 0.0280. The highest BCUT2D eigenvalue weighted by Gasteiger charge is 2.19. The number of carbonyl (C=O) groups is 2. The van der Waals surface area contributed by atoms with Crippen LogP contribution in [0.15, 0.2) is 71.6 Å². The Morgan fingerprint density at radius 3 is 2.30 bits per heavy atom. The Labute approximate surface area is 182 Å². The zero-order valence-electron chi connectivity index (χ0n) is 15.1. The number of benzene rings is 3. The van der Waals surface area contributed by atoms with Crippen LogP contribution in [-0.4, -0.2) is 25.4 Å². The number of amides is 1. The Morgan fingerprint density at radius 1 is 0.867 bits per heavy atom. The van der Waals surface area contributed by atoms with Crippen LogP contribution >= 0.6 is 23.2 Å². The van der Waals surface area contributed by atoms with E-state index in [-0.39, 0.29) is 32.4 Å². The van der Waals surface area contributed by atoms with Crippen LogP contribution in [0.1, 0.15) is 20.7 Å². The Morgan fingerprint density at radius 2 is 1.60 bits per heavy atom. The molecule has 3 aromatic rings. The molecule has 0 aliphatic carbocycles. The molecule has 3 N–H and O–H groups in total. The van der Waals surface area contributed by atoms with Crippen LogP contribution in [0, 0.1) is 0 Å². The van der Waals surface area contributed by atoms with Gasteiger partial charge in [-0.1, -0.05) is 41.4 Å². The number of sulfonamides is 1. The number of hydrogen-bond acceptors (Lipinski definition) is 4. The molecule has 0 heterocycles. The summed E-state index contributed by atoms with van der Waals surface area (Å²) in [7, 11) is -4.05. The van der Waals surface area contributed by atoms with E-state index in [0.29, 0.717) is 5.02 Å². The molecule has 0 saturated carbocycles. The molecule has 154 valence electrons. The molecule has 30 heavy (non-hydrogen) atoms. The fourth-order valence-corrected chi connectivity index (χ4v) is 4.19. The maximum absolute atomic E-state index is 12.7. The van der Waals surface area contributed by atoms with E-state index in [4.69, 9.17) is 23.2 Å². The zero-order chi connectivity index (χ0) is 21.9. The summed E-state index contributed by atoms with van der Waals surface area (Å²) in [5, 5.41) is 12.2. The maximum atomic E-state index is 12.7. The van der Waals surface area contributed by atoms with E-state index in [2.05, 4.69) is 10.0 Å². The van der Waals surface area contributed by atoms with Gasteiger partial charge in [0.15, 0.2) is 0 Å². The Balaban J connectivity index is 1.86. The molecule has 0 fully saturated rings. The highest BCUT2D eigenvalue weighted by atomic mass is 35.5. The summed E-state index contributed by atoms with van der Waals surface area (Å²) < 4.78 is 27.7. The Kier molecular flexibility index (Phi) is 6.31. The van der Waals surface area contributed by atoms with Crippen molar-refractivity contribution in [1.29, 1.82) is 0 Å². The average molecular weight is 465 g/mol. The van der Waals surface area contributed by atoms with Gasteiger partial charge in [-0.3, -0.25) is 9.52 Å². The van der Waals surface area contributed by atoms with E-state index in [1.165, 1.54) is 60.7 Å². The molecule has 0 bridgehead atoms. The molecule has 0 aromatic heterocycles. The predicted octanol–water partition coefficient (Wildman–Crippen LogP) is 4.74. The molecule has 0 atom stereocenters. The third-order valence-corrected chi connectivity index (χ3v) is 5.90. The van der Waals surface area contributed by atoms with Gasteiger partial charge >= 0.3 is 5.97 Å². The molecule has 3 aromatic carbocycles. The summed E-state index contributed by atoms with van der Waals surface area (Å²) in [5.41, 5.74) is 0.162. The monoisotopic (exact) mass is 464 g/mol. The number of carboxylic acids is 1. The summed E-state index contributed by atoms with van der Waals surface area (Å²) in [6.07, 6.45) is 0. The first-order valence-electron chi connectivity index (χ1n) is 8.39. The first kappa shape index (κ1) is 21.6. The van der Waals surface area contributed by atoms with Gasteiger partial charge in [-0.15, -0.1) is 0 Å². The van der Waals surface area contributed by atoms with Gasteiger partial charge in [0, 0.05) is 10.6 Å². The fourth-order valence-electron chi connectivity index (χ4n) is 2.55. The fraction of sp³-hybridized carbons (Fsp3) is 0. The molecule has 0 aliphatic rings. The number of hydrogen-bond donors (Lipinski definition) is 3. The van der Waals surface area contributed by atoms with Crippen molar-refractivity contribution < 1.29 is 23.1 Å². The van der Waals surface area contributed by atoms with Crippen LogP contribution in [0.3, 0.4) is 0 Å². The average Bonchev–Trinajstić information content (AvgIpc) is 2.70. The summed E-state index contributed by atoms with van der Waals surface area (Å²) >= 11 is 11.8.